The fourth-order valence-corrected chi connectivity index (χ4v) is 4.21. The van der Waals surface area contributed by atoms with Gasteiger partial charge in [-0.15, -0.1) is 0 Å². The number of aliphatic imine (C=N–C) groups is 1. The molecule has 0 aromatic rings. The number of likely N-dealkylation sites (tertiary alicyclic amines) is 2. The Morgan fingerprint density at radius 1 is 1.09 bits per heavy atom. The molecule has 0 aromatic heterocycles. The van der Waals surface area contributed by atoms with Crippen LogP contribution in [-0.4, -0.2) is 99.6 Å². The maximum Gasteiger partial charge on any atom is 0.326 e. The van der Waals surface area contributed by atoms with Crippen LogP contribution in [0.25, 0.3) is 0 Å². The second kappa shape index (κ2) is 11.8. The van der Waals surface area contributed by atoms with Crippen molar-refractivity contribution in [3.05, 3.63) is 0 Å². The molecule has 13 nitrogen and oxygen atoms in total. The Morgan fingerprint density at radius 3 is 2.27 bits per heavy atom. The number of carbonyl (C=O) groups excluding carboxylic acids is 3. The minimum Gasteiger partial charge on any atom is -0.480 e. The van der Waals surface area contributed by atoms with Crippen LogP contribution >= 0.6 is 0 Å². The van der Waals surface area contributed by atoms with E-state index in [0.717, 1.165) is 0 Å². The molecule has 186 valence electrons. The highest BCUT2D eigenvalue weighted by molar-refractivity contribution is 5.94. The lowest BCUT2D eigenvalue weighted by Crippen LogP contribution is -2.57. The van der Waals surface area contributed by atoms with Crippen LogP contribution in [0.5, 0.6) is 0 Å². The lowest BCUT2D eigenvalue weighted by atomic mass is 10.1. The number of rotatable bonds is 10. The summed E-state index contributed by atoms with van der Waals surface area (Å²) in [5.41, 5.74) is 16.3. The number of nitrogens with two attached hydrogens (primary N) is 3. The van der Waals surface area contributed by atoms with Gasteiger partial charge in [0.25, 0.3) is 0 Å². The van der Waals surface area contributed by atoms with Crippen LogP contribution in [0.1, 0.15) is 45.4 Å². The molecule has 5 unspecified atom stereocenters. The number of nitrogens with zero attached hydrogens (tertiary/aromatic N) is 3. The summed E-state index contributed by atoms with van der Waals surface area (Å²) in [5.74, 6) is -2.71. The van der Waals surface area contributed by atoms with E-state index in [1.807, 2.05) is 0 Å². The van der Waals surface area contributed by atoms with Crippen molar-refractivity contribution in [2.75, 3.05) is 19.6 Å². The normalized spacial score (nSPS) is 23.0. The molecule has 2 heterocycles. The van der Waals surface area contributed by atoms with E-state index in [1.54, 1.807) is 0 Å². The van der Waals surface area contributed by atoms with Gasteiger partial charge in [-0.2, -0.15) is 0 Å². The number of guanidine groups is 1. The molecule has 0 spiro atoms. The monoisotopic (exact) mass is 469 g/mol. The van der Waals surface area contributed by atoms with Crippen molar-refractivity contribution in [1.82, 2.24) is 15.1 Å². The molecular weight excluding hydrogens is 434 g/mol. The third kappa shape index (κ3) is 6.78. The number of carboxylic acid groups (broad SMARTS) is 1. The summed E-state index contributed by atoms with van der Waals surface area (Å²) in [6, 6.07) is -3.91. The molecule has 33 heavy (non-hydrogen) atoms. The van der Waals surface area contributed by atoms with Gasteiger partial charge < -0.3 is 42.5 Å². The molecule has 2 aliphatic heterocycles. The Hall–Kier alpha value is -2.93. The molecular formula is C20H35N7O6. The maximum atomic E-state index is 13.4. The number of nitrogens with one attached hydrogen (secondary N) is 1. The van der Waals surface area contributed by atoms with E-state index < -0.39 is 54.0 Å². The highest BCUT2D eigenvalue weighted by Crippen LogP contribution is 2.26. The van der Waals surface area contributed by atoms with Crippen LogP contribution in [0, 0.1) is 0 Å². The van der Waals surface area contributed by atoms with Crippen LogP contribution < -0.4 is 22.5 Å². The second-order valence-corrected chi connectivity index (χ2v) is 8.49. The van der Waals surface area contributed by atoms with Gasteiger partial charge in [-0.25, -0.2) is 4.79 Å². The molecule has 5 atom stereocenters. The third-order valence-electron chi connectivity index (χ3n) is 6.02. The van der Waals surface area contributed by atoms with E-state index in [2.05, 4.69) is 10.3 Å². The zero-order chi connectivity index (χ0) is 24.7. The molecule has 9 N–H and O–H groups in total. The van der Waals surface area contributed by atoms with Crippen molar-refractivity contribution in [1.29, 1.82) is 0 Å². The third-order valence-corrected chi connectivity index (χ3v) is 6.02. The number of amides is 3. The van der Waals surface area contributed by atoms with Crippen molar-refractivity contribution in [3.8, 4) is 0 Å². The number of carboxylic acids is 1. The number of hydrogen-bond donors (Lipinski definition) is 6. The van der Waals surface area contributed by atoms with Gasteiger partial charge in [-0.1, -0.05) is 0 Å². The molecule has 2 rings (SSSR count). The van der Waals surface area contributed by atoms with Crippen molar-refractivity contribution >= 4 is 29.7 Å². The van der Waals surface area contributed by atoms with Gasteiger partial charge in [0.15, 0.2) is 5.96 Å². The first kappa shape index (κ1) is 26.3. The van der Waals surface area contributed by atoms with Gasteiger partial charge in [-0.3, -0.25) is 19.4 Å². The molecule has 13 heteroatoms. The number of carbonyl (C=O) groups is 4. The Bertz CT molecular complexity index is 770. The van der Waals surface area contributed by atoms with Crippen LogP contribution in [0.2, 0.25) is 0 Å². The van der Waals surface area contributed by atoms with E-state index in [-0.39, 0.29) is 18.9 Å². The Balaban J connectivity index is 2.16. The summed E-state index contributed by atoms with van der Waals surface area (Å²) in [6.45, 7) is 2.24. The molecule has 0 aliphatic carbocycles. The number of hydrogen-bond acceptors (Lipinski definition) is 7. The van der Waals surface area contributed by atoms with Gasteiger partial charge in [-0.05, 0) is 45.4 Å². The van der Waals surface area contributed by atoms with Crippen LogP contribution in [0.3, 0.4) is 0 Å². The molecule has 2 saturated heterocycles. The highest BCUT2D eigenvalue weighted by Gasteiger charge is 2.43. The van der Waals surface area contributed by atoms with E-state index >= 15 is 0 Å². The van der Waals surface area contributed by atoms with E-state index in [1.165, 1.54) is 16.7 Å². The van der Waals surface area contributed by atoms with Crippen molar-refractivity contribution in [3.63, 3.8) is 0 Å². The largest absolute Gasteiger partial charge is 0.480 e. The first-order valence-electron chi connectivity index (χ1n) is 11.2. The second-order valence-electron chi connectivity index (χ2n) is 8.49. The fourth-order valence-electron chi connectivity index (χ4n) is 4.21. The zero-order valence-electron chi connectivity index (χ0n) is 18.9. The quantitative estimate of drug-likeness (QED) is 0.111. The van der Waals surface area contributed by atoms with Crippen molar-refractivity contribution in [2.45, 2.75) is 75.7 Å². The average molecular weight is 470 g/mol. The van der Waals surface area contributed by atoms with Gasteiger partial charge in [0.05, 0.1) is 6.10 Å². The molecule has 0 saturated carbocycles. The number of aliphatic hydroxyl groups is 1. The summed E-state index contributed by atoms with van der Waals surface area (Å²) in [7, 11) is 0. The Kier molecular flexibility index (Phi) is 9.41. The molecule has 3 amide bonds. The lowest BCUT2D eigenvalue weighted by Gasteiger charge is -2.32. The molecule has 0 aromatic carbocycles. The number of aliphatic hydroxyl groups excluding tert-OH is 1. The lowest BCUT2D eigenvalue weighted by molar-refractivity contribution is -0.152. The molecule has 0 bridgehead atoms. The van der Waals surface area contributed by atoms with E-state index in [9.17, 15) is 29.4 Å². The summed E-state index contributed by atoms with van der Waals surface area (Å²) in [5, 5.41) is 21.6. The van der Waals surface area contributed by atoms with Crippen LogP contribution in [0.4, 0.5) is 0 Å². The summed E-state index contributed by atoms with van der Waals surface area (Å²) in [6.07, 6.45) is 1.40. The van der Waals surface area contributed by atoms with Crippen molar-refractivity contribution in [2.24, 2.45) is 22.2 Å². The number of aliphatic carboxylic acids is 1. The van der Waals surface area contributed by atoms with Gasteiger partial charge in [0.2, 0.25) is 17.7 Å². The average Bonchev–Trinajstić information content (AvgIpc) is 3.43. The Labute approximate surface area is 192 Å². The predicted octanol–water partition coefficient (Wildman–Crippen LogP) is -2.70. The first-order chi connectivity index (χ1) is 15.5. The van der Waals surface area contributed by atoms with Crippen LogP contribution in [0.15, 0.2) is 4.99 Å². The molecule has 0 radical (unpaired) electrons. The van der Waals surface area contributed by atoms with Gasteiger partial charge in [0.1, 0.15) is 24.2 Å². The van der Waals surface area contributed by atoms with E-state index in [0.29, 0.717) is 45.2 Å². The Morgan fingerprint density at radius 2 is 1.70 bits per heavy atom. The maximum absolute atomic E-state index is 13.4. The summed E-state index contributed by atoms with van der Waals surface area (Å²) in [4.78, 5) is 57.0. The first-order valence-corrected chi connectivity index (χ1v) is 11.2. The minimum absolute atomic E-state index is 0.0955. The predicted molar refractivity (Wildman–Crippen MR) is 119 cm³/mol. The van der Waals surface area contributed by atoms with Crippen molar-refractivity contribution < 1.29 is 29.4 Å². The smallest absolute Gasteiger partial charge is 0.326 e. The van der Waals surface area contributed by atoms with E-state index in [4.69, 9.17) is 17.2 Å². The topological polar surface area (TPSA) is 218 Å². The minimum atomic E-state index is -1.23. The standard InChI is InChI=1S/C20H35N7O6/c1-11(28)15(21)16(29)25-12(5-2-8-24-20(22)23)17(30)26-9-3-6-13(26)18(31)27-10-4-7-14(27)19(32)33/h11-15,28H,2-10,21H2,1H3,(H,25,29)(H,32,33)(H4,22,23,24). The van der Waals surface area contributed by atoms with Gasteiger partial charge in [0, 0.05) is 19.6 Å². The molecule has 2 fully saturated rings. The SMILES string of the molecule is CC(O)C(N)C(=O)NC(CCCN=C(N)N)C(=O)N1CCCC1C(=O)N1CCCC1C(=O)O. The van der Waals surface area contributed by atoms with Gasteiger partial charge >= 0.3 is 5.97 Å². The fraction of sp³-hybridized carbons (Fsp3) is 0.750. The zero-order valence-corrected chi connectivity index (χ0v) is 18.9. The van der Waals surface area contributed by atoms with Crippen LogP contribution in [-0.2, 0) is 19.2 Å². The summed E-state index contributed by atoms with van der Waals surface area (Å²) >= 11 is 0. The summed E-state index contributed by atoms with van der Waals surface area (Å²) < 4.78 is 0. The molecule has 2 aliphatic rings. The highest BCUT2D eigenvalue weighted by atomic mass is 16.4.